The summed E-state index contributed by atoms with van der Waals surface area (Å²) in [4.78, 5) is 25.3. The fourth-order valence-electron chi connectivity index (χ4n) is 3.42. The molecule has 0 spiro atoms. The number of nitrogens with zero attached hydrogens (tertiary/aromatic N) is 3. The van der Waals surface area contributed by atoms with Gasteiger partial charge in [-0.2, -0.15) is 5.10 Å². The van der Waals surface area contributed by atoms with Gasteiger partial charge in [0.05, 0.1) is 11.6 Å². The lowest BCUT2D eigenvalue weighted by Crippen LogP contribution is -2.41. The highest BCUT2D eigenvalue weighted by atomic mass is 16.4. The summed E-state index contributed by atoms with van der Waals surface area (Å²) in [5.74, 6) is -0.642. The Labute approximate surface area is 131 Å². The van der Waals surface area contributed by atoms with Gasteiger partial charge in [0.2, 0.25) is 5.91 Å². The summed E-state index contributed by atoms with van der Waals surface area (Å²) in [6, 6.07) is 0. The average Bonchev–Trinajstić information content (AvgIpc) is 2.71. The van der Waals surface area contributed by atoms with E-state index >= 15 is 0 Å². The first-order valence-electron chi connectivity index (χ1n) is 7.82. The molecule has 6 heteroatoms. The van der Waals surface area contributed by atoms with E-state index in [0.717, 1.165) is 29.8 Å². The Hall–Kier alpha value is -1.85. The molecule has 1 saturated heterocycles. The number of aryl methyl sites for hydroxylation is 2. The quantitative estimate of drug-likeness (QED) is 0.921. The summed E-state index contributed by atoms with van der Waals surface area (Å²) >= 11 is 0. The molecule has 0 radical (unpaired) electrons. The predicted molar refractivity (Wildman–Crippen MR) is 82.7 cm³/mol. The number of hydrogen-bond acceptors (Lipinski definition) is 3. The maximum absolute atomic E-state index is 12.7. The van der Waals surface area contributed by atoms with Crippen molar-refractivity contribution in [2.75, 3.05) is 13.1 Å². The number of amides is 1. The van der Waals surface area contributed by atoms with Crippen molar-refractivity contribution in [3.63, 3.8) is 0 Å². The molecule has 0 aromatic carbocycles. The SMILES string of the molecule is Cc1nn(C)c(C)c1C(C)C(=O)N1CCC(CC(=O)O)CC1. The van der Waals surface area contributed by atoms with Crippen LogP contribution >= 0.6 is 0 Å². The molecule has 22 heavy (non-hydrogen) atoms. The van der Waals surface area contributed by atoms with Crippen LogP contribution in [0.4, 0.5) is 0 Å². The number of carbonyl (C=O) groups is 2. The number of likely N-dealkylation sites (tertiary alicyclic amines) is 1. The number of carbonyl (C=O) groups excluding carboxylic acids is 1. The van der Waals surface area contributed by atoms with Crippen molar-refractivity contribution in [2.24, 2.45) is 13.0 Å². The molecule has 1 aliphatic heterocycles. The van der Waals surface area contributed by atoms with Gasteiger partial charge in [-0.1, -0.05) is 0 Å². The molecule has 6 nitrogen and oxygen atoms in total. The highest BCUT2D eigenvalue weighted by Crippen LogP contribution is 2.27. The van der Waals surface area contributed by atoms with Crippen molar-refractivity contribution in [2.45, 2.75) is 46.0 Å². The smallest absolute Gasteiger partial charge is 0.303 e. The van der Waals surface area contributed by atoms with Gasteiger partial charge < -0.3 is 10.0 Å². The number of aromatic nitrogens is 2. The first-order valence-corrected chi connectivity index (χ1v) is 7.82. The molecule has 1 aromatic rings. The second kappa shape index (κ2) is 6.50. The molecule has 2 heterocycles. The minimum absolute atomic E-state index is 0.118. The Morgan fingerprint density at radius 1 is 1.32 bits per heavy atom. The van der Waals surface area contributed by atoms with Crippen LogP contribution in [0, 0.1) is 19.8 Å². The Bertz CT molecular complexity index is 571. The Kier molecular flexibility index (Phi) is 4.88. The van der Waals surface area contributed by atoms with Crippen LogP contribution in [0.25, 0.3) is 0 Å². The molecule has 1 atom stereocenters. The van der Waals surface area contributed by atoms with E-state index in [1.165, 1.54) is 0 Å². The molecule has 0 bridgehead atoms. The zero-order valence-electron chi connectivity index (χ0n) is 13.8. The van der Waals surface area contributed by atoms with Gasteiger partial charge in [0.1, 0.15) is 0 Å². The minimum Gasteiger partial charge on any atom is -0.481 e. The predicted octanol–water partition coefficient (Wildman–Crippen LogP) is 1.85. The monoisotopic (exact) mass is 307 g/mol. The molecule has 0 saturated carbocycles. The fraction of sp³-hybridized carbons (Fsp3) is 0.688. The molecule has 2 rings (SSSR count). The molecule has 1 unspecified atom stereocenters. The highest BCUT2D eigenvalue weighted by molar-refractivity contribution is 5.84. The maximum atomic E-state index is 12.7. The van der Waals surface area contributed by atoms with Crippen LogP contribution < -0.4 is 0 Å². The highest BCUT2D eigenvalue weighted by Gasteiger charge is 2.30. The van der Waals surface area contributed by atoms with E-state index in [-0.39, 0.29) is 24.2 Å². The molecule has 0 aliphatic carbocycles. The summed E-state index contributed by atoms with van der Waals surface area (Å²) in [6.45, 7) is 7.16. The average molecular weight is 307 g/mol. The molecule has 1 N–H and O–H groups in total. The lowest BCUT2D eigenvalue weighted by Gasteiger charge is -2.33. The van der Waals surface area contributed by atoms with Crippen LogP contribution in [0.3, 0.4) is 0 Å². The number of aliphatic carboxylic acids is 1. The standard InChI is InChI=1S/C16H25N3O3/c1-10(15-11(2)17-18(4)12(15)3)16(22)19-7-5-13(6-8-19)9-14(20)21/h10,13H,5-9H2,1-4H3,(H,20,21). The Morgan fingerprint density at radius 2 is 1.91 bits per heavy atom. The minimum atomic E-state index is -0.750. The maximum Gasteiger partial charge on any atom is 0.303 e. The number of rotatable bonds is 4. The van der Waals surface area contributed by atoms with Crippen LogP contribution in [0.5, 0.6) is 0 Å². The van der Waals surface area contributed by atoms with Crippen molar-refractivity contribution in [3.8, 4) is 0 Å². The topological polar surface area (TPSA) is 75.4 Å². The van der Waals surface area contributed by atoms with Crippen LogP contribution in [0.1, 0.15) is 49.1 Å². The molecular weight excluding hydrogens is 282 g/mol. The van der Waals surface area contributed by atoms with Crippen LogP contribution in [-0.4, -0.2) is 44.8 Å². The van der Waals surface area contributed by atoms with Gasteiger partial charge in [-0.15, -0.1) is 0 Å². The van der Waals surface area contributed by atoms with E-state index in [1.54, 1.807) is 0 Å². The zero-order valence-corrected chi connectivity index (χ0v) is 13.8. The van der Waals surface area contributed by atoms with Crippen molar-refractivity contribution >= 4 is 11.9 Å². The summed E-state index contributed by atoms with van der Waals surface area (Å²) in [5, 5.41) is 13.2. The first kappa shape index (κ1) is 16.5. The van der Waals surface area contributed by atoms with Gasteiger partial charge in [-0.05, 0) is 39.5 Å². The third kappa shape index (κ3) is 3.31. The number of hydrogen-bond donors (Lipinski definition) is 1. The van der Waals surface area contributed by atoms with E-state index in [0.29, 0.717) is 13.1 Å². The van der Waals surface area contributed by atoms with Crippen molar-refractivity contribution in [3.05, 3.63) is 17.0 Å². The van der Waals surface area contributed by atoms with Crippen molar-refractivity contribution in [1.82, 2.24) is 14.7 Å². The zero-order chi connectivity index (χ0) is 16.4. The number of carboxylic acids is 1. The third-order valence-electron chi connectivity index (χ3n) is 4.76. The molecule has 1 amide bonds. The van der Waals surface area contributed by atoms with Crippen molar-refractivity contribution < 1.29 is 14.7 Å². The Morgan fingerprint density at radius 3 is 2.36 bits per heavy atom. The van der Waals surface area contributed by atoms with Crippen molar-refractivity contribution in [1.29, 1.82) is 0 Å². The van der Waals surface area contributed by atoms with Gasteiger partial charge in [-0.3, -0.25) is 14.3 Å². The van der Waals surface area contributed by atoms with E-state index in [1.807, 2.05) is 37.4 Å². The summed E-state index contributed by atoms with van der Waals surface area (Å²) < 4.78 is 1.81. The molecule has 1 fully saturated rings. The van der Waals surface area contributed by atoms with Crippen LogP contribution in [0.2, 0.25) is 0 Å². The third-order valence-corrected chi connectivity index (χ3v) is 4.76. The van der Waals surface area contributed by atoms with E-state index < -0.39 is 5.97 Å². The molecular formula is C16H25N3O3. The van der Waals surface area contributed by atoms with Gasteiger partial charge in [-0.25, -0.2) is 0 Å². The summed E-state index contributed by atoms with van der Waals surface area (Å²) in [5.41, 5.74) is 2.95. The second-order valence-corrected chi connectivity index (χ2v) is 6.30. The molecule has 1 aliphatic rings. The number of piperidine rings is 1. The second-order valence-electron chi connectivity index (χ2n) is 6.30. The van der Waals surface area contributed by atoms with Crippen LogP contribution in [-0.2, 0) is 16.6 Å². The van der Waals surface area contributed by atoms with Gasteiger partial charge in [0, 0.05) is 37.8 Å². The number of carboxylic acid groups (broad SMARTS) is 1. The first-order chi connectivity index (χ1) is 10.3. The lowest BCUT2D eigenvalue weighted by molar-refractivity contribution is -0.138. The van der Waals surface area contributed by atoms with E-state index in [2.05, 4.69) is 5.10 Å². The Balaban J connectivity index is 2.02. The molecule has 1 aromatic heterocycles. The fourth-order valence-corrected chi connectivity index (χ4v) is 3.42. The molecule has 122 valence electrons. The van der Waals surface area contributed by atoms with E-state index in [4.69, 9.17) is 5.11 Å². The lowest BCUT2D eigenvalue weighted by atomic mass is 9.91. The van der Waals surface area contributed by atoms with Gasteiger partial charge in [0.25, 0.3) is 0 Å². The normalized spacial score (nSPS) is 17.5. The summed E-state index contributed by atoms with van der Waals surface area (Å²) in [6.07, 6.45) is 1.75. The summed E-state index contributed by atoms with van der Waals surface area (Å²) in [7, 11) is 1.89. The van der Waals surface area contributed by atoms with Gasteiger partial charge >= 0.3 is 5.97 Å². The largest absolute Gasteiger partial charge is 0.481 e. The van der Waals surface area contributed by atoms with E-state index in [9.17, 15) is 9.59 Å². The van der Waals surface area contributed by atoms with Gasteiger partial charge in [0.15, 0.2) is 0 Å². The van der Waals surface area contributed by atoms with Crippen LogP contribution in [0.15, 0.2) is 0 Å².